The van der Waals surface area contributed by atoms with Gasteiger partial charge in [0.1, 0.15) is 5.75 Å². The number of hydrogen-bond donors (Lipinski definition) is 2. The SMILES string of the molecule is CCN(CC(=O)Nc1ccc(OC)cc1)C(=S)Nc1ccc(C)c(C)c1. The highest BCUT2D eigenvalue weighted by Gasteiger charge is 2.13. The van der Waals surface area contributed by atoms with E-state index in [1.54, 1.807) is 31.4 Å². The Bertz CT molecular complexity index is 775. The van der Waals surface area contributed by atoms with Crippen molar-refractivity contribution in [2.45, 2.75) is 20.8 Å². The highest BCUT2D eigenvalue weighted by Crippen LogP contribution is 2.16. The molecule has 0 radical (unpaired) electrons. The number of carbonyl (C=O) groups is 1. The van der Waals surface area contributed by atoms with E-state index in [2.05, 4.69) is 24.5 Å². The maximum Gasteiger partial charge on any atom is 0.243 e. The lowest BCUT2D eigenvalue weighted by Crippen LogP contribution is -2.40. The van der Waals surface area contributed by atoms with Crippen molar-refractivity contribution in [1.29, 1.82) is 0 Å². The lowest BCUT2D eigenvalue weighted by Gasteiger charge is -2.24. The summed E-state index contributed by atoms with van der Waals surface area (Å²) in [6.45, 7) is 6.91. The van der Waals surface area contributed by atoms with Crippen molar-refractivity contribution >= 4 is 34.6 Å². The Morgan fingerprint density at radius 2 is 1.69 bits per heavy atom. The number of anilines is 2. The standard InChI is InChI=1S/C20H25N3O2S/c1-5-23(20(26)22-17-7-6-14(2)15(3)12-17)13-19(24)21-16-8-10-18(25-4)11-9-16/h6-12H,5,13H2,1-4H3,(H,21,24)(H,22,26). The normalized spacial score (nSPS) is 10.2. The van der Waals surface area contributed by atoms with Crippen LogP contribution in [0.15, 0.2) is 42.5 Å². The zero-order valence-corrected chi connectivity index (χ0v) is 16.4. The quantitative estimate of drug-likeness (QED) is 0.753. The van der Waals surface area contributed by atoms with E-state index >= 15 is 0 Å². The number of hydrogen-bond acceptors (Lipinski definition) is 3. The number of nitrogens with zero attached hydrogens (tertiary/aromatic N) is 1. The minimum Gasteiger partial charge on any atom is -0.497 e. The van der Waals surface area contributed by atoms with Crippen LogP contribution in [0.4, 0.5) is 11.4 Å². The van der Waals surface area contributed by atoms with Crippen molar-refractivity contribution in [2.75, 3.05) is 30.8 Å². The zero-order valence-electron chi connectivity index (χ0n) is 15.6. The maximum absolute atomic E-state index is 12.3. The minimum atomic E-state index is -0.124. The molecular formula is C20H25N3O2S. The van der Waals surface area contributed by atoms with Gasteiger partial charge in [0.05, 0.1) is 13.7 Å². The summed E-state index contributed by atoms with van der Waals surface area (Å²) in [5.41, 5.74) is 4.07. The maximum atomic E-state index is 12.3. The number of amides is 1. The Kier molecular flexibility index (Phi) is 6.97. The molecule has 26 heavy (non-hydrogen) atoms. The third-order valence-corrected chi connectivity index (χ3v) is 4.50. The summed E-state index contributed by atoms with van der Waals surface area (Å²) in [6, 6.07) is 13.3. The average Bonchev–Trinajstić information content (AvgIpc) is 2.63. The van der Waals surface area contributed by atoms with Crippen LogP contribution in [0.1, 0.15) is 18.1 Å². The van der Waals surface area contributed by atoms with Gasteiger partial charge in [0, 0.05) is 17.9 Å². The number of nitrogens with one attached hydrogen (secondary N) is 2. The van der Waals surface area contributed by atoms with Crippen molar-refractivity contribution in [1.82, 2.24) is 4.90 Å². The van der Waals surface area contributed by atoms with E-state index in [0.29, 0.717) is 11.7 Å². The predicted molar refractivity (Wildman–Crippen MR) is 111 cm³/mol. The predicted octanol–water partition coefficient (Wildman–Crippen LogP) is 3.97. The smallest absolute Gasteiger partial charge is 0.243 e. The Morgan fingerprint density at radius 1 is 1.04 bits per heavy atom. The molecule has 6 heteroatoms. The molecule has 0 atom stereocenters. The van der Waals surface area contributed by atoms with Gasteiger partial charge in [0.2, 0.25) is 5.91 Å². The molecule has 0 saturated heterocycles. The molecule has 0 aliphatic heterocycles. The fraction of sp³-hybridized carbons (Fsp3) is 0.300. The molecule has 2 aromatic carbocycles. The fourth-order valence-corrected chi connectivity index (χ4v) is 2.71. The van der Waals surface area contributed by atoms with Crippen LogP contribution in [-0.4, -0.2) is 36.1 Å². The van der Waals surface area contributed by atoms with E-state index in [1.807, 2.05) is 30.0 Å². The summed E-state index contributed by atoms with van der Waals surface area (Å²) < 4.78 is 5.11. The molecule has 138 valence electrons. The molecule has 0 aliphatic carbocycles. The highest BCUT2D eigenvalue weighted by atomic mass is 32.1. The summed E-state index contributed by atoms with van der Waals surface area (Å²) in [5.74, 6) is 0.623. The first-order chi connectivity index (χ1) is 12.4. The lowest BCUT2D eigenvalue weighted by molar-refractivity contribution is -0.116. The van der Waals surface area contributed by atoms with Crippen LogP contribution in [0.3, 0.4) is 0 Å². The number of likely N-dealkylation sites (N-methyl/N-ethyl adjacent to an activating group) is 1. The van der Waals surface area contributed by atoms with Gasteiger partial charge < -0.3 is 20.3 Å². The molecule has 0 saturated carbocycles. The number of methoxy groups -OCH3 is 1. The topological polar surface area (TPSA) is 53.6 Å². The summed E-state index contributed by atoms with van der Waals surface area (Å²) in [5, 5.41) is 6.60. The van der Waals surface area contributed by atoms with Crippen LogP contribution in [-0.2, 0) is 4.79 Å². The number of thiocarbonyl (C=S) groups is 1. The average molecular weight is 372 g/mol. The number of benzene rings is 2. The first-order valence-electron chi connectivity index (χ1n) is 8.50. The van der Waals surface area contributed by atoms with Gasteiger partial charge in [-0.15, -0.1) is 0 Å². The van der Waals surface area contributed by atoms with Gasteiger partial charge >= 0.3 is 0 Å². The van der Waals surface area contributed by atoms with Crippen LogP contribution in [0.25, 0.3) is 0 Å². The number of carbonyl (C=O) groups excluding carboxylic acids is 1. The molecule has 0 bridgehead atoms. The molecule has 2 N–H and O–H groups in total. The molecule has 0 unspecified atom stereocenters. The van der Waals surface area contributed by atoms with E-state index in [-0.39, 0.29) is 12.5 Å². The van der Waals surface area contributed by atoms with E-state index in [4.69, 9.17) is 17.0 Å². The zero-order chi connectivity index (χ0) is 19.1. The van der Waals surface area contributed by atoms with E-state index < -0.39 is 0 Å². The lowest BCUT2D eigenvalue weighted by atomic mass is 10.1. The van der Waals surface area contributed by atoms with Crippen LogP contribution in [0.5, 0.6) is 5.75 Å². The Labute approximate surface area is 160 Å². The molecule has 1 amide bonds. The second kappa shape index (κ2) is 9.20. The third kappa shape index (κ3) is 5.46. The van der Waals surface area contributed by atoms with Crippen LogP contribution < -0.4 is 15.4 Å². The van der Waals surface area contributed by atoms with Crippen molar-refractivity contribution in [3.8, 4) is 5.75 Å². The first-order valence-corrected chi connectivity index (χ1v) is 8.90. The molecule has 0 aliphatic rings. The summed E-state index contributed by atoms with van der Waals surface area (Å²) >= 11 is 5.47. The van der Waals surface area contributed by atoms with Gasteiger partial charge in [0.25, 0.3) is 0 Å². The summed E-state index contributed by atoms with van der Waals surface area (Å²) in [7, 11) is 1.61. The van der Waals surface area contributed by atoms with E-state index in [9.17, 15) is 4.79 Å². The van der Waals surface area contributed by atoms with Crippen molar-refractivity contribution < 1.29 is 9.53 Å². The molecule has 2 aromatic rings. The minimum absolute atomic E-state index is 0.124. The van der Waals surface area contributed by atoms with E-state index in [1.165, 1.54) is 11.1 Å². The summed E-state index contributed by atoms with van der Waals surface area (Å²) in [4.78, 5) is 14.1. The fourth-order valence-electron chi connectivity index (χ4n) is 2.40. The molecule has 0 spiro atoms. The van der Waals surface area contributed by atoms with Gasteiger partial charge in [-0.05, 0) is 80.5 Å². The molecule has 5 nitrogen and oxygen atoms in total. The van der Waals surface area contributed by atoms with Crippen molar-refractivity contribution in [2.24, 2.45) is 0 Å². The third-order valence-electron chi connectivity index (χ3n) is 4.14. The van der Waals surface area contributed by atoms with Crippen LogP contribution in [0.2, 0.25) is 0 Å². The molecule has 2 rings (SSSR count). The molecule has 0 aromatic heterocycles. The second-order valence-corrected chi connectivity index (χ2v) is 6.41. The Hall–Kier alpha value is -2.60. The van der Waals surface area contributed by atoms with Gasteiger partial charge in [-0.2, -0.15) is 0 Å². The largest absolute Gasteiger partial charge is 0.497 e. The molecule has 0 fully saturated rings. The van der Waals surface area contributed by atoms with Gasteiger partial charge in [-0.3, -0.25) is 4.79 Å². The van der Waals surface area contributed by atoms with Gasteiger partial charge in [-0.25, -0.2) is 0 Å². The van der Waals surface area contributed by atoms with Gasteiger partial charge in [-0.1, -0.05) is 6.07 Å². The van der Waals surface area contributed by atoms with E-state index in [0.717, 1.165) is 17.1 Å². The molecular weight excluding hydrogens is 346 g/mol. The first kappa shape index (κ1) is 19.7. The monoisotopic (exact) mass is 371 g/mol. The number of ether oxygens (including phenoxy) is 1. The molecule has 0 heterocycles. The van der Waals surface area contributed by atoms with Crippen molar-refractivity contribution in [3.05, 3.63) is 53.6 Å². The Balaban J connectivity index is 1.94. The summed E-state index contributed by atoms with van der Waals surface area (Å²) in [6.07, 6.45) is 0. The highest BCUT2D eigenvalue weighted by molar-refractivity contribution is 7.80. The van der Waals surface area contributed by atoms with Gasteiger partial charge in [0.15, 0.2) is 5.11 Å². The Morgan fingerprint density at radius 3 is 2.27 bits per heavy atom. The second-order valence-electron chi connectivity index (χ2n) is 6.02. The van der Waals surface area contributed by atoms with Crippen LogP contribution >= 0.6 is 12.2 Å². The van der Waals surface area contributed by atoms with Crippen molar-refractivity contribution in [3.63, 3.8) is 0 Å². The number of rotatable bonds is 6. The van der Waals surface area contributed by atoms with Crippen LogP contribution in [0, 0.1) is 13.8 Å². The number of aryl methyl sites for hydroxylation is 2.